The number of hydrogen-bond acceptors (Lipinski definition) is 5. The van der Waals surface area contributed by atoms with Crippen molar-refractivity contribution in [1.29, 1.82) is 0 Å². The molecule has 0 amide bonds. The lowest BCUT2D eigenvalue weighted by molar-refractivity contribution is -0.385. The lowest BCUT2D eigenvalue weighted by Gasteiger charge is -2.09. The largest absolute Gasteiger partial charge is 0.489 e. The van der Waals surface area contributed by atoms with Gasteiger partial charge < -0.3 is 9.47 Å². The molecule has 2 aromatic rings. The zero-order valence-electron chi connectivity index (χ0n) is 12.9. The first-order valence-electron chi connectivity index (χ1n) is 7.15. The van der Waals surface area contributed by atoms with Crippen molar-refractivity contribution in [1.82, 2.24) is 0 Å². The molecule has 6 heteroatoms. The van der Waals surface area contributed by atoms with E-state index < -0.39 is 4.92 Å². The Kier molecular flexibility index (Phi) is 5.30. The van der Waals surface area contributed by atoms with E-state index in [0.29, 0.717) is 23.5 Å². The second-order valence-electron chi connectivity index (χ2n) is 4.85. The van der Waals surface area contributed by atoms with E-state index >= 15 is 0 Å². The summed E-state index contributed by atoms with van der Waals surface area (Å²) >= 11 is 0. The number of nitro benzene ring substituents is 1. The number of benzene rings is 2. The van der Waals surface area contributed by atoms with Crippen LogP contribution < -0.4 is 4.74 Å². The molecule has 0 N–H and O–H groups in total. The van der Waals surface area contributed by atoms with Crippen molar-refractivity contribution in [3.63, 3.8) is 0 Å². The molecule has 0 unspecified atom stereocenters. The molecule has 0 aromatic heterocycles. The van der Waals surface area contributed by atoms with Gasteiger partial charge in [0.25, 0.3) is 5.69 Å². The maximum Gasteiger partial charge on any atom is 0.338 e. The highest BCUT2D eigenvalue weighted by Gasteiger charge is 2.13. The molecule has 0 saturated carbocycles. The fourth-order valence-electron chi connectivity index (χ4n) is 2.09. The highest BCUT2D eigenvalue weighted by Crippen LogP contribution is 2.22. The SMILES string of the molecule is CCOC(=O)c1ccc(OCc2cccc([N+](=O)[O-])c2C)cc1. The molecule has 0 fully saturated rings. The monoisotopic (exact) mass is 315 g/mol. The summed E-state index contributed by atoms with van der Waals surface area (Å²) < 4.78 is 10.5. The minimum atomic E-state index is -0.410. The molecule has 2 aromatic carbocycles. The molecule has 0 heterocycles. The highest BCUT2D eigenvalue weighted by molar-refractivity contribution is 5.89. The molecule has 0 atom stereocenters. The number of ether oxygens (including phenoxy) is 2. The normalized spacial score (nSPS) is 10.2. The zero-order valence-corrected chi connectivity index (χ0v) is 12.9. The third-order valence-corrected chi connectivity index (χ3v) is 3.37. The van der Waals surface area contributed by atoms with E-state index in [2.05, 4.69) is 0 Å². The molecule has 0 aliphatic rings. The van der Waals surface area contributed by atoms with E-state index in [1.807, 2.05) is 0 Å². The van der Waals surface area contributed by atoms with Gasteiger partial charge in [-0.25, -0.2) is 4.79 Å². The van der Waals surface area contributed by atoms with Crippen LogP contribution in [0.2, 0.25) is 0 Å². The molecule has 0 aliphatic heterocycles. The van der Waals surface area contributed by atoms with Gasteiger partial charge in [0, 0.05) is 11.6 Å². The molecule has 0 spiro atoms. The van der Waals surface area contributed by atoms with Crippen LogP contribution in [-0.4, -0.2) is 17.5 Å². The Morgan fingerprint density at radius 2 is 1.87 bits per heavy atom. The molecule has 0 saturated heterocycles. The van der Waals surface area contributed by atoms with Crippen LogP contribution in [-0.2, 0) is 11.3 Å². The van der Waals surface area contributed by atoms with Gasteiger partial charge in [0.2, 0.25) is 0 Å². The zero-order chi connectivity index (χ0) is 16.8. The van der Waals surface area contributed by atoms with Crippen LogP contribution in [0.3, 0.4) is 0 Å². The number of hydrogen-bond donors (Lipinski definition) is 0. The fraction of sp³-hybridized carbons (Fsp3) is 0.235. The van der Waals surface area contributed by atoms with Crippen molar-refractivity contribution in [2.75, 3.05) is 6.61 Å². The Morgan fingerprint density at radius 1 is 1.17 bits per heavy atom. The minimum absolute atomic E-state index is 0.0729. The predicted octanol–water partition coefficient (Wildman–Crippen LogP) is 3.66. The maximum atomic E-state index is 11.6. The van der Waals surface area contributed by atoms with Gasteiger partial charge in [-0.15, -0.1) is 0 Å². The third-order valence-electron chi connectivity index (χ3n) is 3.37. The van der Waals surface area contributed by atoms with Gasteiger partial charge in [-0.2, -0.15) is 0 Å². The number of carbonyl (C=O) groups excluding carboxylic acids is 1. The smallest absolute Gasteiger partial charge is 0.338 e. The number of rotatable bonds is 6. The van der Waals surface area contributed by atoms with E-state index in [9.17, 15) is 14.9 Å². The summed E-state index contributed by atoms with van der Waals surface area (Å²) in [5.41, 5.74) is 1.85. The van der Waals surface area contributed by atoms with E-state index in [-0.39, 0.29) is 18.3 Å². The minimum Gasteiger partial charge on any atom is -0.489 e. The Bertz CT molecular complexity index is 709. The first-order chi connectivity index (χ1) is 11.0. The van der Waals surface area contributed by atoms with Crippen molar-refractivity contribution in [2.24, 2.45) is 0 Å². The maximum absolute atomic E-state index is 11.6. The number of nitro groups is 1. The van der Waals surface area contributed by atoms with Gasteiger partial charge in [-0.3, -0.25) is 10.1 Å². The summed E-state index contributed by atoms with van der Waals surface area (Å²) in [6.07, 6.45) is 0. The van der Waals surface area contributed by atoms with Crippen LogP contribution in [0.25, 0.3) is 0 Å². The van der Waals surface area contributed by atoms with Crippen molar-refractivity contribution < 1.29 is 19.2 Å². The number of esters is 1. The topological polar surface area (TPSA) is 78.7 Å². The summed E-state index contributed by atoms with van der Waals surface area (Å²) in [6.45, 7) is 3.98. The lowest BCUT2D eigenvalue weighted by Crippen LogP contribution is -2.04. The van der Waals surface area contributed by atoms with Gasteiger partial charge in [0.15, 0.2) is 0 Å². The van der Waals surface area contributed by atoms with Gasteiger partial charge >= 0.3 is 5.97 Å². The lowest BCUT2D eigenvalue weighted by atomic mass is 10.1. The summed E-state index contributed by atoms with van der Waals surface area (Å²) in [6, 6.07) is 11.5. The molecular formula is C17H17NO5. The summed E-state index contributed by atoms with van der Waals surface area (Å²) in [4.78, 5) is 22.1. The van der Waals surface area contributed by atoms with Crippen LogP contribution in [0.1, 0.15) is 28.4 Å². The van der Waals surface area contributed by atoms with Crippen LogP contribution in [0.5, 0.6) is 5.75 Å². The Labute approximate surface area is 133 Å². The molecule has 23 heavy (non-hydrogen) atoms. The van der Waals surface area contributed by atoms with E-state index in [4.69, 9.17) is 9.47 Å². The number of carbonyl (C=O) groups is 1. The van der Waals surface area contributed by atoms with Crippen LogP contribution in [0.15, 0.2) is 42.5 Å². The van der Waals surface area contributed by atoms with Gasteiger partial charge in [0.1, 0.15) is 12.4 Å². The Hall–Kier alpha value is -2.89. The van der Waals surface area contributed by atoms with Crippen molar-refractivity contribution in [3.8, 4) is 5.75 Å². The fourth-order valence-corrected chi connectivity index (χ4v) is 2.09. The first kappa shape index (κ1) is 16.5. The van der Waals surface area contributed by atoms with Crippen molar-refractivity contribution in [3.05, 3.63) is 69.3 Å². The summed E-state index contributed by atoms with van der Waals surface area (Å²) in [7, 11) is 0. The second kappa shape index (κ2) is 7.40. The van der Waals surface area contributed by atoms with Crippen LogP contribution in [0.4, 0.5) is 5.69 Å². The van der Waals surface area contributed by atoms with E-state index in [1.54, 1.807) is 50.2 Å². The molecule has 120 valence electrons. The summed E-state index contributed by atoms with van der Waals surface area (Å²) in [5.74, 6) is 0.192. The van der Waals surface area contributed by atoms with Crippen molar-refractivity contribution in [2.45, 2.75) is 20.5 Å². The van der Waals surface area contributed by atoms with Crippen molar-refractivity contribution >= 4 is 11.7 Å². The molecule has 2 rings (SSSR count). The molecule has 0 aliphatic carbocycles. The predicted molar refractivity (Wildman–Crippen MR) is 84.6 cm³/mol. The van der Waals surface area contributed by atoms with Gasteiger partial charge in [-0.05, 0) is 43.7 Å². The van der Waals surface area contributed by atoms with E-state index in [0.717, 1.165) is 5.56 Å². The quantitative estimate of drug-likeness (QED) is 0.462. The Morgan fingerprint density at radius 3 is 2.48 bits per heavy atom. The summed E-state index contributed by atoms with van der Waals surface area (Å²) in [5, 5.41) is 10.9. The molecular weight excluding hydrogens is 298 g/mol. The van der Waals surface area contributed by atoms with Gasteiger partial charge in [-0.1, -0.05) is 12.1 Å². The average molecular weight is 315 g/mol. The third kappa shape index (κ3) is 4.06. The average Bonchev–Trinajstić information content (AvgIpc) is 2.54. The van der Waals surface area contributed by atoms with Crippen LogP contribution in [0, 0.1) is 17.0 Å². The first-order valence-corrected chi connectivity index (χ1v) is 7.15. The van der Waals surface area contributed by atoms with Crippen LogP contribution >= 0.6 is 0 Å². The molecule has 0 bridgehead atoms. The standard InChI is InChI=1S/C17H17NO5/c1-3-22-17(19)13-7-9-15(10-8-13)23-11-14-5-4-6-16(12(14)2)18(20)21/h4-10H,3,11H2,1-2H3. The highest BCUT2D eigenvalue weighted by atomic mass is 16.6. The molecule has 0 radical (unpaired) electrons. The Balaban J connectivity index is 2.05. The van der Waals surface area contributed by atoms with Gasteiger partial charge in [0.05, 0.1) is 17.1 Å². The van der Waals surface area contributed by atoms with E-state index in [1.165, 1.54) is 6.07 Å². The second-order valence-corrected chi connectivity index (χ2v) is 4.85. The molecule has 6 nitrogen and oxygen atoms in total. The number of nitrogens with zero attached hydrogens (tertiary/aromatic N) is 1.